The van der Waals surface area contributed by atoms with Gasteiger partial charge in [-0.25, -0.2) is 9.97 Å². The minimum atomic E-state index is -0.473. The molecule has 1 N–H and O–H groups in total. The number of imidazole rings is 1. The molecule has 2 heterocycles. The van der Waals surface area contributed by atoms with Crippen LogP contribution in [0.25, 0.3) is 5.82 Å². The highest BCUT2D eigenvalue weighted by Gasteiger charge is 2.24. The summed E-state index contributed by atoms with van der Waals surface area (Å²) in [5, 5.41) is 14.0. The molecule has 8 heteroatoms. The second-order valence-corrected chi connectivity index (χ2v) is 4.10. The summed E-state index contributed by atoms with van der Waals surface area (Å²) in [5.41, 5.74) is 1.81. The van der Waals surface area contributed by atoms with Crippen molar-refractivity contribution >= 4 is 11.6 Å². The zero-order valence-corrected chi connectivity index (χ0v) is 11.1. The first kappa shape index (κ1) is 12.9. The average Bonchev–Trinajstić information content (AvgIpc) is 2.68. The third kappa shape index (κ3) is 2.12. The molecule has 0 radical (unpaired) electrons. The van der Waals surface area contributed by atoms with Gasteiger partial charge in [0.25, 0.3) is 0 Å². The number of aryl methyl sites for hydroxylation is 2. The predicted octanol–water partition coefficient (Wildman–Crippen LogP) is 1.54. The van der Waals surface area contributed by atoms with Crippen LogP contribution in [0, 0.1) is 30.9 Å². The van der Waals surface area contributed by atoms with Crippen LogP contribution in [-0.2, 0) is 0 Å². The molecule has 0 atom stereocenters. The number of rotatable bonds is 3. The molecule has 0 aliphatic carbocycles. The lowest BCUT2D eigenvalue weighted by atomic mass is 10.3. The number of nitrogens with one attached hydrogen (secondary N) is 1. The van der Waals surface area contributed by atoms with E-state index < -0.39 is 4.92 Å². The van der Waals surface area contributed by atoms with E-state index in [1.54, 1.807) is 18.5 Å². The summed E-state index contributed by atoms with van der Waals surface area (Å²) in [4.78, 5) is 23.1. The second kappa shape index (κ2) is 4.63. The van der Waals surface area contributed by atoms with E-state index in [2.05, 4.69) is 20.3 Å². The van der Waals surface area contributed by atoms with Crippen LogP contribution < -0.4 is 5.32 Å². The Morgan fingerprint density at radius 2 is 1.95 bits per heavy atom. The molecule has 0 amide bonds. The summed E-state index contributed by atoms with van der Waals surface area (Å²) in [7, 11) is 1.66. The van der Waals surface area contributed by atoms with Crippen LogP contribution >= 0.6 is 0 Å². The molecule has 2 aromatic rings. The van der Waals surface area contributed by atoms with Gasteiger partial charge in [0.1, 0.15) is 12.0 Å². The standard InChI is InChI=1S/C11H14N6O2/c1-6-8(3)16(5-13-6)10-9(17(18)19)7(2)14-11(12-4)15-10/h5H,1-4H3,(H,12,14,15). The van der Waals surface area contributed by atoms with Gasteiger partial charge in [-0.1, -0.05) is 0 Å². The number of hydrogen-bond acceptors (Lipinski definition) is 6. The lowest BCUT2D eigenvalue weighted by molar-refractivity contribution is -0.385. The Bertz CT molecular complexity index is 649. The topological polar surface area (TPSA) is 98.8 Å². The number of nitrogens with zero attached hydrogens (tertiary/aromatic N) is 5. The Morgan fingerprint density at radius 3 is 2.42 bits per heavy atom. The van der Waals surface area contributed by atoms with Crippen LogP contribution in [0.3, 0.4) is 0 Å². The molecule has 0 fully saturated rings. The minimum absolute atomic E-state index is 0.112. The molecule has 2 aromatic heterocycles. The highest BCUT2D eigenvalue weighted by Crippen LogP contribution is 2.26. The minimum Gasteiger partial charge on any atom is -0.357 e. The lowest BCUT2D eigenvalue weighted by Crippen LogP contribution is -2.10. The van der Waals surface area contributed by atoms with Crippen LogP contribution in [0.1, 0.15) is 17.1 Å². The van der Waals surface area contributed by atoms with Crippen LogP contribution in [0.2, 0.25) is 0 Å². The molecule has 0 unspecified atom stereocenters. The first-order valence-corrected chi connectivity index (χ1v) is 5.67. The van der Waals surface area contributed by atoms with Crippen molar-refractivity contribution in [3.63, 3.8) is 0 Å². The molecule has 8 nitrogen and oxygen atoms in total. The van der Waals surface area contributed by atoms with E-state index >= 15 is 0 Å². The zero-order chi connectivity index (χ0) is 14.2. The van der Waals surface area contributed by atoms with Gasteiger partial charge in [0.2, 0.25) is 11.8 Å². The van der Waals surface area contributed by atoms with Gasteiger partial charge in [-0.05, 0) is 20.8 Å². The maximum atomic E-state index is 11.2. The van der Waals surface area contributed by atoms with E-state index in [4.69, 9.17) is 0 Å². The normalized spacial score (nSPS) is 10.5. The van der Waals surface area contributed by atoms with Crippen molar-refractivity contribution in [1.29, 1.82) is 0 Å². The molecule has 0 saturated carbocycles. The van der Waals surface area contributed by atoms with Gasteiger partial charge < -0.3 is 5.32 Å². The monoisotopic (exact) mass is 262 g/mol. The predicted molar refractivity (Wildman–Crippen MR) is 69.6 cm³/mol. The third-order valence-electron chi connectivity index (χ3n) is 2.93. The van der Waals surface area contributed by atoms with Gasteiger partial charge >= 0.3 is 5.69 Å². The van der Waals surface area contributed by atoms with Crippen LogP contribution in [0.5, 0.6) is 0 Å². The lowest BCUT2D eigenvalue weighted by Gasteiger charge is -2.09. The van der Waals surface area contributed by atoms with E-state index in [1.165, 1.54) is 6.33 Å². The molecular formula is C11H14N6O2. The maximum absolute atomic E-state index is 11.2. The maximum Gasteiger partial charge on any atom is 0.333 e. The molecule has 19 heavy (non-hydrogen) atoms. The molecule has 0 aliphatic rings. The van der Waals surface area contributed by atoms with Crippen molar-refractivity contribution < 1.29 is 4.92 Å². The third-order valence-corrected chi connectivity index (χ3v) is 2.93. The van der Waals surface area contributed by atoms with Crippen LogP contribution in [0.4, 0.5) is 11.6 Å². The fourth-order valence-electron chi connectivity index (χ4n) is 1.76. The van der Waals surface area contributed by atoms with Gasteiger partial charge in [-0.15, -0.1) is 0 Å². The molecule has 0 bridgehead atoms. The fourth-order valence-corrected chi connectivity index (χ4v) is 1.76. The zero-order valence-electron chi connectivity index (χ0n) is 11.1. The van der Waals surface area contributed by atoms with Crippen molar-refractivity contribution in [2.75, 3.05) is 12.4 Å². The van der Waals surface area contributed by atoms with E-state index in [9.17, 15) is 10.1 Å². The largest absolute Gasteiger partial charge is 0.357 e. The van der Waals surface area contributed by atoms with Gasteiger partial charge in [0.15, 0.2) is 0 Å². The Kier molecular flexibility index (Phi) is 3.16. The summed E-state index contributed by atoms with van der Waals surface area (Å²) in [6, 6.07) is 0. The van der Waals surface area contributed by atoms with Gasteiger partial charge in [0, 0.05) is 12.7 Å². The van der Waals surface area contributed by atoms with E-state index in [-0.39, 0.29) is 11.5 Å². The van der Waals surface area contributed by atoms with E-state index in [0.29, 0.717) is 11.6 Å². The Morgan fingerprint density at radius 1 is 1.26 bits per heavy atom. The molecule has 0 spiro atoms. The highest BCUT2D eigenvalue weighted by atomic mass is 16.6. The van der Waals surface area contributed by atoms with Crippen molar-refractivity contribution in [3.05, 3.63) is 33.5 Å². The number of nitro groups is 1. The van der Waals surface area contributed by atoms with Crippen molar-refractivity contribution in [3.8, 4) is 5.82 Å². The van der Waals surface area contributed by atoms with Gasteiger partial charge in [0.05, 0.1) is 10.6 Å². The fraction of sp³-hybridized carbons (Fsp3) is 0.364. The van der Waals surface area contributed by atoms with Crippen LogP contribution in [-0.4, -0.2) is 31.5 Å². The molecule has 0 saturated heterocycles. The highest BCUT2D eigenvalue weighted by molar-refractivity contribution is 5.54. The van der Waals surface area contributed by atoms with E-state index in [1.807, 2.05) is 13.8 Å². The smallest absolute Gasteiger partial charge is 0.333 e. The van der Waals surface area contributed by atoms with Crippen molar-refractivity contribution in [2.24, 2.45) is 0 Å². The molecule has 0 aromatic carbocycles. The molecule has 0 aliphatic heterocycles. The number of hydrogen-bond donors (Lipinski definition) is 1. The van der Waals surface area contributed by atoms with Crippen molar-refractivity contribution in [2.45, 2.75) is 20.8 Å². The number of aromatic nitrogens is 4. The summed E-state index contributed by atoms with van der Waals surface area (Å²) in [6.45, 7) is 5.26. The summed E-state index contributed by atoms with van der Waals surface area (Å²) in [5.74, 6) is 0.559. The first-order valence-electron chi connectivity index (χ1n) is 5.67. The molecule has 2 rings (SSSR count). The second-order valence-electron chi connectivity index (χ2n) is 4.10. The van der Waals surface area contributed by atoms with Crippen LogP contribution in [0.15, 0.2) is 6.33 Å². The van der Waals surface area contributed by atoms with Gasteiger partial charge in [-0.2, -0.15) is 4.98 Å². The first-order chi connectivity index (χ1) is 8.95. The summed E-state index contributed by atoms with van der Waals surface area (Å²) in [6.07, 6.45) is 1.53. The van der Waals surface area contributed by atoms with E-state index in [0.717, 1.165) is 11.4 Å². The Labute approximate surface area is 109 Å². The summed E-state index contributed by atoms with van der Waals surface area (Å²) < 4.78 is 1.60. The SMILES string of the molecule is CNc1nc(C)c([N+](=O)[O-])c(-n2cnc(C)c2C)n1. The Hall–Kier alpha value is -2.51. The quantitative estimate of drug-likeness (QED) is 0.665. The molecule has 100 valence electrons. The average molecular weight is 262 g/mol. The Balaban J connectivity index is 2.76. The molecular weight excluding hydrogens is 248 g/mol. The van der Waals surface area contributed by atoms with Crippen molar-refractivity contribution in [1.82, 2.24) is 19.5 Å². The number of anilines is 1. The van der Waals surface area contributed by atoms with Gasteiger partial charge in [-0.3, -0.25) is 14.7 Å². The summed E-state index contributed by atoms with van der Waals surface area (Å²) >= 11 is 0.